The zero-order chi connectivity index (χ0) is 16.4. The molecule has 2 aromatic rings. The van der Waals surface area contributed by atoms with Gasteiger partial charge in [0.2, 0.25) is 0 Å². The summed E-state index contributed by atoms with van der Waals surface area (Å²) < 4.78 is 5.24. The number of halogens is 1. The first kappa shape index (κ1) is 15.3. The van der Waals surface area contributed by atoms with Crippen LogP contribution in [0.15, 0.2) is 53.2 Å². The predicted molar refractivity (Wildman–Crippen MR) is 91.8 cm³/mol. The molecule has 1 amide bonds. The highest BCUT2D eigenvalue weighted by molar-refractivity contribution is 6.30. The molecule has 0 aromatic heterocycles. The standard InChI is InChI=1S/C18H15ClN2O2/c1-11-9-12(3-8-16(11)23-2)10-15-18(22)21-17(20-15)13-4-6-14(19)7-5-13/h3-10H,1-2H3,(H,20,21,22)/b15-10+. The van der Waals surface area contributed by atoms with E-state index in [1.807, 2.05) is 37.3 Å². The molecule has 1 aliphatic heterocycles. The molecule has 1 heterocycles. The summed E-state index contributed by atoms with van der Waals surface area (Å²) in [6, 6.07) is 12.9. The fourth-order valence-electron chi connectivity index (χ4n) is 2.36. The normalized spacial score (nSPS) is 15.5. The lowest BCUT2D eigenvalue weighted by Crippen LogP contribution is -2.24. The highest BCUT2D eigenvalue weighted by atomic mass is 35.5. The third-order valence-electron chi connectivity index (χ3n) is 3.54. The molecule has 1 aliphatic rings. The monoisotopic (exact) mass is 326 g/mol. The van der Waals surface area contributed by atoms with Crippen LogP contribution in [0.4, 0.5) is 0 Å². The molecule has 0 fully saturated rings. The lowest BCUT2D eigenvalue weighted by molar-refractivity contribution is -0.115. The van der Waals surface area contributed by atoms with Gasteiger partial charge in [0.15, 0.2) is 0 Å². The van der Waals surface area contributed by atoms with Crippen molar-refractivity contribution in [3.8, 4) is 5.75 Å². The second-order valence-corrected chi connectivity index (χ2v) is 5.62. The van der Waals surface area contributed by atoms with Crippen LogP contribution in [0.3, 0.4) is 0 Å². The molecule has 4 nitrogen and oxygen atoms in total. The minimum absolute atomic E-state index is 0.219. The van der Waals surface area contributed by atoms with Gasteiger partial charge in [0.1, 0.15) is 17.3 Å². The summed E-state index contributed by atoms with van der Waals surface area (Å²) in [5.41, 5.74) is 3.09. The van der Waals surface area contributed by atoms with Gasteiger partial charge < -0.3 is 10.1 Å². The second kappa shape index (κ2) is 6.26. The number of ether oxygens (including phenoxy) is 1. The van der Waals surface area contributed by atoms with Gasteiger partial charge in [-0.1, -0.05) is 17.7 Å². The summed E-state index contributed by atoms with van der Waals surface area (Å²) >= 11 is 5.87. The van der Waals surface area contributed by atoms with Gasteiger partial charge in [-0.2, -0.15) is 0 Å². The first-order valence-electron chi connectivity index (χ1n) is 7.09. The molecule has 116 valence electrons. The number of aliphatic imine (C=N–C) groups is 1. The van der Waals surface area contributed by atoms with Crippen LogP contribution in [0, 0.1) is 6.92 Å². The third kappa shape index (κ3) is 3.27. The summed E-state index contributed by atoms with van der Waals surface area (Å²) in [4.78, 5) is 16.5. The Labute approximate surface area is 139 Å². The smallest absolute Gasteiger partial charge is 0.275 e. The van der Waals surface area contributed by atoms with E-state index in [4.69, 9.17) is 16.3 Å². The predicted octanol–water partition coefficient (Wildman–Crippen LogP) is 3.57. The summed E-state index contributed by atoms with van der Waals surface area (Å²) in [7, 11) is 1.63. The summed E-state index contributed by atoms with van der Waals surface area (Å²) in [5, 5.41) is 3.41. The number of nitrogens with zero attached hydrogens (tertiary/aromatic N) is 1. The Morgan fingerprint density at radius 1 is 1.17 bits per heavy atom. The van der Waals surface area contributed by atoms with E-state index in [2.05, 4.69) is 10.3 Å². The highest BCUT2D eigenvalue weighted by Crippen LogP contribution is 2.22. The Balaban J connectivity index is 1.91. The lowest BCUT2D eigenvalue weighted by atomic mass is 10.1. The average molecular weight is 327 g/mol. The van der Waals surface area contributed by atoms with Gasteiger partial charge in [-0.3, -0.25) is 4.79 Å². The molecule has 2 aromatic carbocycles. The van der Waals surface area contributed by atoms with Crippen molar-refractivity contribution in [2.75, 3.05) is 7.11 Å². The van der Waals surface area contributed by atoms with E-state index in [1.165, 1.54) is 0 Å². The molecule has 0 spiro atoms. The number of nitrogens with one attached hydrogen (secondary N) is 1. The largest absolute Gasteiger partial charge is 0.496 e. The van der Waals surface area contributed by atoms with Crippen LogP contribution >= 0.6 is 11.6 Å². The first-order chi connectivity index (χ1) is 11.1. The van der Waals surface area contributed by atoms with E-state index < -0.39 is 0 Å². The summed E-state index contributed by atoms with van der Waals surface area (Å²) in [5.74, 6) is 1.12. The molecule has 0 aliphatic carbocycles. The van der Waals surface area contributed by atoms with Crippen LogP contribution in [0.5, 0.6) is 5.75 Å². The Hall–Kier alpha value is -2.59. The summed E-state index contributed by atoms with van der Waals surface area (Å²) in [6.07, 6.45) is 1.75. The maximum atomic E-state index is 12.1. The molecule has 5 heteroatoms. The van der Waals surface area contributed by atoms with Crippen molar-refractivity contribution in [1.82, 2.24) is 5.32 Å². The fraction of sp³-hybridized carbons (Fsp3) is 0.111. The maximum Gasteiger partial charge on any atom is 0.275 e. The Morgan fingerprint density at radius 2 is 1.91 bits per heavy atom. The van der Waals surface area contributed by atoms with Gasteiger partial charge in [-0.05, 0) is 60.5 Å². The molecule has 0 radical (unpaired) electrons. The van der Waals surface area contributed by atoms with E-state index >= 15 is 0 Å². The molecular formula is C18H15ClN2O2. The number of methoxy groups -OCH3 is 1. The molecule has 3 rings (SSSR count). The number of hydrogen-bond acceptors (Lipinski definition) is 3. The lowest BCUT2D eigenvalue weighted by Gasteiger charge is -2.04. The van der Waals surface area contributed by atoms with Crippen molar-refractivity contribution in [2.24, 2.45) is 4.99 Å². The molecule has 0 saturated heterocycles. The Kier molecular flexibility index (Phi) is 4.17. The van der Waals surface area contributed by atoms with E-state index in [-0.39, 0.29) is 5.91 Å². The first-order valence-corrected chi connectivity index (χ1v) is 7.47. The maximum absolute atomic E-state index is 12.1. The minimum Gasteiger partial charge on any atom is -0.496 e. The van der Waals surface area contributed by atoms with Crippen molar-refractivity contribution in [3.63, 3.8) is 0 Å². The van der Waals surface area contributed by atoms with Crippen LogP contribution in [0.25, 0.3) is 6.08 Å². The molecule has 23 heavy (non-hydrogen) atoms. The topological polar surface area (TPSA) is 50.7 Å². The number of benzene rings is 2. The molecule has 1 N–H and O–H groups in total. The number of aryl methyl sites for hydroxylation is 1. The van der Waals surface area contributed by atoms with Crippen LogP contribution in [-0.2, 0) is 4.79 Å². The highest BCUT2D eigenvalue weighted by Gasteiger charge is 2.21. The summed E-state index contributed by atoms with van der Waals surface area (Å²) in [6.45, 7) is 1.96. The molecular weight excluding hydrogens is 312 g/mol. The van der Waals surface area contributed by atoms with Crippen molar-refractivity contribution < 1.29 is 9.53 Å². The quantitative estimate of drug-likeness (QED) is 0.877. The van der Waals surface area contributed by atoms with Crippen LogP contribution < -0.4 is 10.1 Å². The van der Waals surface area contributed by atoms with Gasteiger partial charge in [0, 0.05) is 10.6 Å². The van der Waals surface area contributed by atoms with Crippen molar-refractivity contribution in [2.45, 2.75) is 6.92 Å². The zero-order valence-electron chi connectivity index (χ0n) is 12.8. The van der Waals surface area contributed by atoms with E-state index in [0.29, 0.717) is 16.6 Å². The van der Waals surface area contributed by atoms with E-state index in [0.717, 1.165) is 22.4 Å². The number of hydrogen-bond donors (Lipinski definition) is 1. The van der Waals surface area contributed by atoms with Crippen molar-refractivity contribution in [1.29, 1.82) is 0 Å². The molecule has 0 saturated carbocycles. The average Bonchev–Trinajstić information content (AvgIpc) is 2.89. The minimum atomic E-state index is -0.219. The SMILES string of the molecule is COc1ccc(/C=C2/N=C(c3ccc(Cl)cc3)NC2=O)cc1C. The third-order valence-corrected chi connectivity index (χ3v) is 3.79. The van der Waals surface area contributed by atoms with Crippen molar-refractivity contribution >= 4 is 29.4 Å². The number of amidine groups is 1. The van der Waals surface area contributed by atoms with Crippen LogP contribution in [0.1, 0.15) is 16.7 Å². The van der Waals surface area contributed by atoms with E-state index in [9.17, 15) is 4.79 Å². The second-order valence-electron chi connectivity index (χ2n) is 5.18. The van der Waals surface area contributed by atoms with E-state index in [1.54, 1.807) is 25.3 Å². The van der Waals surface area contributed by atoms with Crippen LogP contribution in [-0.4, -0.2) is 18.9 Å². The van der Waals surface area contributed by atoms with Gasteiger partial charge >= 0.3 is 0 Å². The van der Waals surface area contributed by atoms with Gasteiger partial charge in [0.25, 0.3) is 5.91 Å². The molecule has 0 unspecified atom stereocenters. The van der Waals surface area contributed by atoms with Crippen LogP contribution in [0.2, 0.25) is 5.02 Å². The Bertz CT molecular complexity index is 823. The fourth-order valence-corrected chi connectivity index (χ4v) is 2.49. The number of carbonyl (C=O) groups excluding carboxylic acids is 1. The molecule has 0 bridgehead atoms. The zero-order valence-corrected chi connectivity index (χ0v) is 13.5. The molecule has 0 atom stereocenters. The number of rotatable bonds is 3. The van der Waals surface area contributed by atoms with Crippen molar-refractivity contribution in [3.05, 3.63) is 69.9 Å². The van der Waals surface area contributed by atoms with Gasteiger partial charge in [-0.15, -0.1) is 0 Å². The van der Waals surface area contributed by atoms with Gasteiger partial charge in [-0.25, -0.2) is 4.99 Å². The van der Waals surface area contributed by atoms with Gasteiger partial charge in [0.05, 0.1) is 7.11 Å². The Morgan fingerprint density at radius 3 is 2.57 bits per heavy atom. The number of carbonyl (C=O) groups is 1. The number of amides is 1.